The molecule has 2 N–H and O–H groups in total. The summed E-state index contributed by atoms with van der Waals surface area (Å²) in [5, 5.41) is 11.6. The highest BCUT2D eigenvalue weighted by Crippen LogP contribution is 2.25. The van der Waals surface area contributed by atoms with Crippen molar-refractivity contribution in [2.45, 2.75) is 39.7 Å². The first-order valence-electron chi connectivity index (χ1n) is 8.28. The van der Waals surface area contributed by atoms with Gasteiger partial charge in [-0.05, 0) is 44.9 Å². The second-order valence-electron chi connectivity index (χ2n) is 5.63. The zero-order valence-electron chi connectivity index (χ0n) is 14.6. The van der Waals surface area contributed by atoms with Crippen molar-refractivity contribution in [2.75, 3.05) is 13.1 Å². The fraction of sp³-hybridized carbons (Fsp3) is 0.471. The van der Waals surface area contributed by atoms with E-state index in [0.29, 0.717) is 34.7 Å². The van der Waals surface area contributed by atoms with Gasteiger partial charge in [-0.25, -0.2) is 0 Å². The highest BCUT2D eigenvalue weighted by molar-refractivity contribution is 6.35. The Hall–Kier alpha value is -1.79. The highest BCUT2D eigenvalue weighted by Gasteiger charge is 2.11. The van der Waals surface area contributed by atoms with Crippen molar-refractivity contribution in [3.8, 4) is 0 Å². The Morgan fingerprint density at radius 3 is 2.80 bits per heavy atom. The SMILES string of the molecule is CCNC(=NCCCc1nc(C)no1)NC(C)c1ccc(Cl)cc1Cl. The molecule has 0 bridgehead atoms. The fourth-order valence-corrected chi connectivity index (χ4v) is 2.89. The molecule has 0 spiro atoms. The van der Waals surface area contributed by atoms with Crippen LogP contribution in [0.2, 0.25) is 10.0 Å². The van der Waals surface area contributed by atoms with E-state index in [9.17, 15) is 0 Å². The molecule has 0 fully saturated rings. The molecule has 0 saturated heterocycles. The number of halogens is 2. The van der Waals surface area contributed by atoms with Gasteiger partial charge in [0.1, 0.15) is 0 Å². The summed E-state index contributed by atoms with van der Waals surface area (Å²) >= 11 is 12.2. The number of rotatable bonds is 7. The van der Waals surface area contributed by atoms with Crippen molar-refractivity contribution in [3.63, 3.8) is 0 Å². The quantitative estimate of drug-likeness (QED) is 0.430. The molecule has 1 aromatic heterocycles. The van der Waals surface area contributed by atoms with Gasteiger partial charge < -0.3 is 15.2 Å². The summed E-state index contributed by atoms with van der Waals surface area (Å²) < 4.78 is 5.10. The second kappa shape index (κ2) is 9.63. The Balaban J connectivity index is 1.91. The average molecular weight is 384 g/mol. The third kappa shape index (κ3) is 6.21. The Kier molecular flexibility index (Phi) is 7.52. The van der Waals surface area contributed by atoms with Crippen LogP contribution >= 0.6 is 23.2 Å². The molecule has 0 amide bonds. The van der Waals surface area contributed by atoms with Crippen molar-refractivity contribution in [2.24, 2.45) is 4.99 Å². The summed E-state index contributed by atoms with van der Waals surface area (Å²) in [6.07, 6.45) is 1.54. The Labute approximate surface area is 158 Å². The molecule has 0 aliphatic carbocycles. The number of hydrogen-bond donors (Lipinski definition) is 2. The number of aliphatic imine (C=N–C) groups is 1. The van der Waals surface area contributed by atoms with Gasteiger partial charge in [0, 0.05) is 29.6 Å². The molecule has 1 aromatic carbocycles. The largest absolute Gasteiger partial charge is 0.357 e. The number of benzene rings is 1. The van der Waals surface area contributed by atoms with Crippen LogP contribution in [0, 0.1) is 6.92 Å². The monoisotopic (exact) mass is 383 g/mol. The minimum atomic E-state index is 0.00107. The van der Waals surface area contributed by atoms with Crippen molar-refractivity contribution in [1.29, 1.82) is 0 Å². The van der Waals surface area contributed by atoms with Crippen molar-refractivity contribution in [3.05, 3.63) is 45.5 Å². The molecular weight excluding hydrogens is 361 g/mol. The summed E-state index contributed by atoms with van der Waals surface area (Å²) in [5.74, 6) is 2.04. The van der Waals surface area contributed by atoms with Gasteiger partial charge in [-0.1, -0.05) is 34.4 Å². The Bertz CT molecular complexity index is 717. The fourth-order valence-electron chi connectivity index (χ4n) is 2.32. The van der Waals surface area contributed by atoms with Gasteiger partial charge in [0.2, 0.25) is 5.89 Å². The highest BCUT2D eigenvalue weighted by atomic mass is 35.5. The summed E-state index contributed by atoms with van der Waals surface area (Å²) in [6, 6.07) is 5.50. The summed E-state index contributed by atoms with van der Waals surface area (Å²) in [4.78, 5) is 8.77. The smallest absolute Gasteiger partial charge is 0.226 e. The molecule has 8 heteroatoms. The third-order valence-electron chi connectivity index (χ3n) is 3.51. The first-order chi connectivity index (χ1) is 12.0. The van der Waals surface area contributed by atoms with Crippen LogP contribution in [-0.2, 0) is 6.42 Å². The normalized spacial score (nSPS) is 12.9. The molecule has 2 rings (SSSR count). The molecular formula is C17H23Cl2N5O. The summed E-state index contributed by atoms with van der Waals surface area (Å²) in [6.45, 7) is 7.29. The lowest BCUT2D eigenvalue weighted by Gasteiger charge is -2.19. The Morgan fingerprint density at radius 2 is 2.16 bits per heavy atom. The van der Waals surface area contributed by atoms with Crippen LogP contribution in [0.15, 0.2) is 27.7 Å². The van der Waals surface area contributed by atoms with Gasteiger partial charge in [-0.15, -0.1) is 0 Å². The first kappa shape index (κ1) is 19.5. The molecule has 2 aromatic rings. The molecule has 1 heterocycles. The van der Waals surface area contributed by atoms with E-state index in [4.69, 9.17) is 27.7 Å². The first-order valence-corrected chi connectivity index (χ1v) is 9.04. The molecule has 0 radical (unpaired) electrons. The number of hydrogen-bond acceptors (Lipinski definition) is 4. The maximum absolute atomic E-state index is 6.27. The predicted octanol–water partition coefficient (Wildman–Crippen LogP) is 3.93. The topological polar surface area (TPSA) is 75.3 Å². The van der Waals surface area contributed by atoms with Crippen LogP contribution in [0.4, 0.5) is 0 Å². The minimum Gasteiger partial charge on any atom is -0.357 e. The van der Waals surface area contributed by atoms with Gasteiger partial charge >= 0.3 is 0 Å². The van der Waals surface area contributed by atoms with E-state index in [1.54, 1.807) is 6.07 Å². The minimum absolute atomic E-state index is 0.00107. The van der Waals surface area contributed by atoms with Crippen molar-refractivity contribution < 1.29 is 4.52 Å². The van der Waals surface area contributed by atoms with E-state index in [1.165, 1.54) is 0 Å². The summed E-state index contributed by atoms with van der Waals surface area (Å²) in [7, 11) is 0. The zero-order valence-corrected chi connectivity index (χ0v) is 16.2. The van der Waals surface area contributed by atoms with Crippen molar-refractivity contribution >= 4 is 29.2 Å². The van der Waals surface area contributed by atoms with Gasteiger partial charge in [0.15, 0.2) is 11.8 Å². The van der Waals surface area contributed by atoms with Crippen LogP contribution in [-0.4, -0.2) is 29.2 Å². The molecule has 25 heavy (non-hydrogen) atoms. The van der Waals surface area contributed by atoms with Gasteiger partial charge in [0.05, 0.1) is 6.04 Å². The Morgan fingerprint density at radius 1 is 1.36 bits per heavy atom. The number of nitrogens with one attached hydrogen (secondary N) is 2. The van der Waals surface area contributed by atoms with Gasteiger partial charge in [-0.3, -0.25) is 4.99 Å². The standard InChI is InChI=1S/C17H23Cl2N5O/c1-4-20-17(21-9-5-6-16-23-12(3)24-25-16)22-11(2)14-8-7-13(18)10-15(14)19/h7-8,10-11H,4-6,9H2,1-3H3,(H2,20,21,22). The van der Waals surface area contributed by atoms with Gasteiger partial charge in [0.25, 0.3) is 0 Å². The summed E-state index contributed by atoms with van der Waals surface area (Å²) in [5.41, 5.74) is 0.970. The van der Waals surface area contributed by atoms with Crippen molar-refractivity contribution in [1.82, 2.24) is 20.8 Å². The predicted molar refractivity (Wildman–Crippen MR) is 101 cm³/mol. The molecule has 1 atom stereocenters. The van der Waals surface area contributed by atoms with E-state index in [1.807, 2.05) is 32.9 Å². The van der Waals surface area contributed by atoms with Crippen LogP contribution in [0.3, 0.4) is 0 Å². The van der Waals surface area contributed by atoms with E-state index in [2.05, 4.69) is 25.8 Å². The second-order valence-corrected chi connectivity index (χ2v) is 6.48. The number of aryl methyl sites for hydroxylation is 2. The molecule has 0 aliphatic heterocycles. The van der Waals surface area contributed by atoms with E-state index in [-0.39, 0.29) is 6.04 Å². The zero-order chi connectivity index (χ0) is 18.2. The van der Waals surface area contributed by atoms with E-state index in [0.717, 1.165) is 24.5 Å². The third-order valence-corrected chi connectivity index (χ3v) is 4.08. The van der Waals surface area contributed by atoms with Gasteiger partial charge in [-0.2, -0.15) is 4.98 Å². The number of guanidine groups is 1. The maximum atomic E-state index is 6.27. The lowest BCUT2D eigenvalue weighted by atomic mass is 10.1. The molecule has 0 aliphatic rings. The lowest BCUT2D eigenvalue weighted by Crippen LogP contribution is -2.38. The molecule has 0 saturated carbocycles. The van der Waals surface area contributed by atoms with Crippen LogP contribution < -0.4 is 10.6 Å². The molecule has 136 valence electrons. The van der Waals surface area contributed by atoms with E-state index < -0.39 is 0 Å². The molecule has 1 unspecified atom stereocenters. The maximum Gasteiger partial charge on any atom is 0.226 e. The van der Waals surface area contributed by atoms with Crippen LogP contribution in [0.5, 0.6) is 0 Å². The van der Waals surface area contributed by atoms with Crippen LogP contribution in [0.1, 0.15) is 43.6 Å². The number of aromatic nitrogens is 2. The number of nitrogens with zero attached hydrogens (tertiary/aromatic N) is 3. The van der Waals surface area contributed by atoms with Crippen LogP contribution in [0.25, 0.3) is 0 Å². The average Bonchev–Trinajstić information content (AvgIpc) is 2.97. The van der Waals surface area contributed by atoms with E-state index >= 15 is 0 Å². The lowest BCUT2D eigenvalue weighted by molar-refractivity contribution is 0.372. The molecule has 6 nitrogen and oxygen atoms in total.